The lowest BCUT2D eigenvalue weighted by atomic mass is 10.1. The van der Waals surface area contributed by atoms with Crippen molar-refractivity contribution in [2.75, 3.05) is 26.5 Å². The molecule has 0 radical (unpaired) electrons. The average Bonchev–Trinajstić information content (AvgIpc) is 3.26. The van der Waals surface area contributed by atoms with Crippen LogP contribution >= 0.6 is 0 Å². The Morgan fingerprint density at radius 1 is 1.12 bits per heavy atom. The Morgan fingerprint density at radius 3 is 2.52 bits per heavy atom. The van der Waals surface area contributed by atoms with E-state index < -0.39 is 45.3 Å². The molecule has 2 aromatic rings. The number of nitrogens with zero attached hydrogens (tertiary/aromatic N) is 1. The summed E-state index contributed by atoms with van der Waals surface area (Å²) in [6, 6.07) is 7.76. The van der Waals surface area contributed by atoms with Crippen LogP contribution < -0.4 is 14.8 Å². The number of benzene rings is 2. The van der Waals surface area contributed by atoms with Crippen molar-refractivity contribution in [3.63, 3.8) is 0 Å². The first-order valence-corrected chi connectivity index (χ1v) is 11.8. The predicted octanol–water partition coefficient (Wildman–Crippen LogP) is 2.62. The number of amides is 1. The average molecular weight is 481 g/mol. The molecule has 0 saturated heterocycles. The normalized spacial score (nSPS) is 13.6. The van der Waals surface area contributed by atoms with E-state index in [4.69, 9.17) is 14.2 Å². The molecule has 0 fully saturated rings. The largest absolute Gasteiger partial charge is 0.454 e. The number of carbonyl (C=O) groups is 2. The minimum atomic E-state index is -4.12. The number of nitrogens with one attached hydrogen (secondary N) is 1. The second-order valence-electron chi connectivity index (χ2n) is 7.21. The molecule has 33 heavy (non-hydrogen) atoms. The third-order valence-electron chi connectivity index (χ3n) is 5.10. The minimum Gasteiger partial charge on any atom is -0.454 e. The summed E-state index contributed by atoms with van der Waals surface area (Å²) in [5, 5.41) is 2.69. The van der Waals surface area contributed by atoms with Gasteiger partial charge in [-0.3, -0.25) is 4.79 Å². The van der Waals surface area contributed by atoms with E-state index in [2.05, 4.69) is 5.32 Å². The second-order valence-corrected chi connectivity index (χ2v) is 9.12. The molecule has 0 aromatic heterocycles. The van der Waals surface area contributed by atoms with Crippen LogP contribution in [0.15, 0.2) is 41.3 Å². The smallest absolute Gasteiger partial charge is 0.338 e. The van der Waals surface area contributed by atoms with Crippen molar-refractivity contribution in [3.8, 4) is 11.5 Å². The van der Waals surface area contributed by atoms with Crippen molar-refractivity contribution in [3.05, 3.63) is 53.3 Å². The van der Waals surface area contributed by atoms with Gasteiger partial charge in [-0.2, -0.15) is 4.31 Å². The molecule has 178 valence electrons. The molecule has 1 aliphatic heterocycles. The molecule has 0 saturated carbocycles. The van der Waals surface area contributed by atoms with E-state index in [9.17, 15) is 22.4 Å². The molecule has 0 spiro atoms. The maximum Gasteiger partial charge on any atom is 0.338 e. The maximum atomic E-state index is 14.2. The first kappa shape index (κ1) is 24.5. The van der Waals surface area contributed by atoms with Crippen LogP contribution in [0.1, 0.15) is 42.7 Å². The Hall–Kier alpha value is -3.18. The molecule has 0 bridgehead atoms. The van der Waals surface area contributed by atoms with Gasteiger partial charge >= 0.3 is 5.97 Å². The fourth-order valence-corrected chi connectivity index (χ4v) is 4.84. The zero-order valence-electron chi connectivity index (χ0n) is 18.5. The van der Waals surface area contributed by atoms with Crippen molar-refractivity contribution in [1.82, 2.24) is 9.62 Å². The molecular formula is C22H25FN2O7S. The third kappa shape index (κ3) is 5.42. The number of halogens is 1. The topological polar surface area (TPSA) is 111 Å². The number of carbonyl (C=O) groups excluding carboxylic acids is 2. The van der Waals surface area contributed by atoms with E-state index in [-0.39, 0.29) is 25.4 Å². The zero-order chi connectivity index (χ0) is 24.2. The zero-order valence-corrected chi connectivity index (χ0v) is 19.3. The van der Waals surface area contributed by atoms with E-state index in [1.54, 1.807) is 39.0 Å². The van der Waals surface area contributed by atoms with Gasteiger partial charge in [0.2, 0.25) is 16.8 Å². The summed E-state index contributed by atoms with van der Waals surface area (Å²) in [7, 11) is -4.12. The lowest BCUT2D eigenvalue weighted by Gasteiger charge is -2.19. The van der Waals surface area contributed by atoms with E-state index in [0.717, 1.165) is 28.1 Å². The Morgan fingerprint density at radius 2 is 1.82 bits per heavy atom. The van der Waals surface area contributed by atoms with Crippen LogP contribution in [-0.4, -0.2) is 51.1 Å². The summed E-state index contributed by atoms with van der Waals surface area (Å²) in [6.45, 7) is 4.84. The SMILES string of the molecule is CCN(CC)S(=O)(=O)c1cc(C(=O)OCC(=O)NC(C)c2ccc3c(c2)OCO3)ccc1F. The van der Waals surface area contributed by atoms with Gasteiger partial charge in [0.25, 0.3) is 5.91 Å². The standard InChI is InChI=1S/C22H25FN2O7S/c1-4-25(5-2)33(28,29)20-11-16(6-8-17(20)23)22(27)30-12-21(26)24-14(3)15-7-9-18-19(10-15)32-13-31-18/h6-11,14H,4-5,12-13H2,1-3H3,(H,24,26). The van der Waals surface area contributed by atoms with Crippen LogP contribution in [0.25, 0.3) is 0 Å². The van der Waals surface area contributed by atoms with Crippen molar-refractivity contribution >= 4 is 21.9 Å². The van der Waals surface area contributed by atoms with Crippen LogP contribution in [0.5, 0.6) is 11.5 Å². The summed E-state index contributed by atoms with van der Waals surface area (Å²) in [4.78, 5) is 24.0. The number of fused-ring (bicyclic) bond motifs is 1. The van der Waals surface area contributed by atoms with Crippen molar-refractivity contribution in [1.29, 1.82) is 0 Å². The van der Waals surface area contributed by atoms with Gasteiger partial charge in [-0.05, 0) is 42.8 Å². The van der Waals surface area contributed by atoms with E-state index in [0.29, 0.717) is 11.5 Å². The molecular weight excluding hydrogens is 455 g/mol. The van der Waals surface area contributed by atoms with Gasteiger partial charge in [0.15, 0.2) is 18.1 Å². The lowest BCUT2D eigenvalue weighted by Crippen LogP contribution is -2.32. The van der Waals surface area contributed by atoms with Crippen molar-refractivity contribution < 1.29 is 36.6 Å². The van der Waals surface area contributed by atoms with Crippen molar-refractivity contribution in [2.24, 2.45) is 0 Å². The first-order chi connectivity index (χ1) is 15.7. The Labute approximate surface area is 191 Å². The molecule has 1 N–H and O–H groups in total. The summed E-state index contributed by atoms with van der Waals surface area (Å²) >= 11 is 0. The molecule has 1 heterocycles. The molecule has 9 nitrogen and oxygen atoms in total. The van der Waals surface area contributed by atoms with Gasteiger partial charge in [-0.1, -0.05) is 19.9 Å². The fraction of sp³-hybridized carbons (Fsp3) is 0.364. The molecule has 3 rings (SSSR count). The van der Waals surface area contributed by atoms with Gasteiger partial charge in [-0.15, -0.1) is 0 Å². The number of rotatable bonds is 9. The van der Waals surface area contributed by atoms with Crippen molar-refractivity contribution in [2.45, 2.75) is 31.7 Å². The molecule has 11 heteroatoms. The third-order valence-corrected chi connectivity index (χ3v) is 7.16. The molecule has 1 atom stereocenters. The quantitative estimate of drug-likeness (QED) is 0.549. The maximum absolute atomic E-state index is 14.2. The molecule has 0 aliphatic carbocycles. The number of esters is 1. The van der Waals surface area contributed by atoms with Gasteiger partial charge in [-0.25, -0.2) is 17.6 Å². The predicted molar refractivity (Wildman–Crippen MR) is 116 cm³/mol. The highest BCUT2D eigenvalue weighted by Gasteiger charge is 2.27. The highest BCUT2D eigenvalue weighted by molar-refractivity contribution is 7.89. The van der Waals surface area contributed by atoms with Crippen LogP contribution in [0.3, 0.4) is 0 Å². The number of hydrogen-bond acceptors (Lipinski definition) is 7. The molecule has 1 amide bonds. The van der Waals surface area contributed by atoms with Gasteiger partial charge in [0.05, 0.1) is 11.6 Å². The Bertz CT molecular complexity index is 1150. The highest BCUT2D eigenvalue weighted by Crippen LogP contribution is 2.34. The molecule has 2 aromatic carbocycles. The van der Waals surface area contributed by atoms with E-state index >= 15 is 0 Å². The molecule has 1 unspecified atom stereocenters. The fourth-order valence-electron chi connectivity index (χ4n) is 3.29. The monoisotopic (exact) mass is 480 g/mol. The van der Waals surface area contributed by atoms with Crippen LogP contribution in [0, 0.1) is 5.82 Å². The minimum absolute atomic E-state index is 0.136. The first-order valence-electron chi connectivity index (χ1n) is 10.3. The van der Waals surface area contributed by atoms with Gasteiger partial charge < -0.3 is 19.5 Å². The summed E-state index contributed by atoms with van der Waals surface area (Å²) in [5.74, 6) is -1.29. The van der Waals surface area contributed by atoms with Gasteiger partial charge in [0, 0.05) is 13.1 Å². The molecule has 1 aliphatic rings. The van der Waals surface area contributed by atoms with Crippen LogP contribution in [0.2, 0.25) is 0 Å². The van der Waals surface area contributed by atoms with E-state index in [1.807, 2.05) is 0 Å². The number of ether oxygens (including phenoxy) is 3. The Balaban J connectivity index is 1.63. The lowest BCUT2D eigenvalue weighted by molar-refractivity contribution is -0.124. The van der Waals surface area contributed by atoms with Crippen LogP contribution in [-0.2, 0) is 19.6 Å². The number of sulfonamides is 1. The summed E-state index contributed by atoms with van der Waals surface area (Å²) in [6.07, 6.45) is 0. The number of hydrogen-bond donors (Lipinski definition) is 1. The second kappa shape index (κ2) is 10.2. The summed E-state index contributed by atoms with van der Waals surface area (Å²) in [5.41, 5.74) is 0.586. The van der Waals surface area contributed by atoms with Gasteiger partial charge in [0.1, 0.15) is 10.7 Å². The highest BCUT2D eigenvalue weighted by atomic mass is 32.2. The van der Waals surface area contributed by atoms with Crippen LogP contribution in [0.4, 0.5) is 4.39 Å². The van der Waals surface area contributed by atoms with E-state index in [1.165, 1.54) is 0 Å². The summed E-state index contributed by atoms with van der Waals surface area (Å²) < 4.78 is 56.1. The Kier molecular flexibility index (Phi) is 7.54.